The van der Waals surface area contributed by atoms with Gasteiger partial charge in [0.2, 0.25) is 5.91 Å². The van der Waals surface area contributed by atoms with Crippen LogP contribution >= 0.6 is 15.9 Å². The molecule has 4 nitrogen and oxygen atoms in total. The molecule has 0 aromatic heterocycles. The van der Waals surface area contributed by atoms with Gasteiger partial charge in [0, 0.05) is 25.6 Å². The van der Waals surface area contributed by atoms with Crippen LogP contribution in [0.3, 0.4) is 0 Å². The molecule has 116 valence electrons. The summed E-state index contributed by atoms with van der Waals surface area (Å²) in [5.74, 6) is 1.08. The van der Waals surface area contributed by atoms with E-state index in [1.165, 1.54) is 0 Å². The zero-order valence-electron chi connectivity index (χ0n) is 12.5. The number of amides is 1. The van der Waals surface area contributed by atoms with E-state index in [4.69, 9.17) is 4.74 Å². The van der Waals surface area contributed by atoms with Gasteiger partial charge in [-0.05, 0) is 54.4 Å². The van der Waals surface area contributed by atoms with Crippen LogP contribution in [0.5, 0.6) is 5.75 Å². The van der Waals surface area contributed by atoms with E-state index in [1.807, 2.05) is 36.2 Å². The molecule has 2 rings (SSSR count). The molecule has 0 radical (unpaired) electrons. The molecule has 0 bridgehead atoms. The zero-order chi connectivity index (χ0) is 15.1. The monoisotopic (exact) mass is 354 g/mol. The minimum absolute atomic E-state index is 0.250. The van der Waals surface area contributed by atoms with Crippen LogP contribution in [-0.2, 0) is 4.79 Å². The predicted octanol–water partition coefficient (Wildman–Crippen LogP) is 2.82. The molecule has 0 saturated carbocycles. The highest BCUT2D eigenvalue weighted by molar-refractivity contribution is 9.10. The first-order valence-corrected chi connectivity index (χ1v) is 8.32. The quantitative estimate of drug-likeness (QED) is 0.798. The largest absolute Gasteiger partial charge is 0.492 e. The molecular weight excluding hydrogens is 332 g/mol. The van der Waals surface area contributed by atoms with E-state index in [0.29, 0.717) is 19.1 Å². The van der Waals surface area contributed by atoms with Gasteiger partial charge in [-0.3, -0.25) is 4.79 Å². The van der Waals surface area contributed by atoms with Gasteiger partial charge in [-0.1, -0.05) is 12.1 Å². The molecule has 1 N–H and O–H groups in total. The number of piperidine rings is 1. The highest BCUT2D eigenvalue weighted by Gasteiger charge is 2.21. The van der Waals surface area contributed by atoms with Crippen LogP contribution in [0.4, 0.5) is 0 Å². The normalized spacial score (nSPS) is 16.0. The van der Waals surface area contributed by atoms with Gasteiger partial charge >= 0.3 is 0 Å². The zero-order valence-corrected chi connectivity index (χ0v) is 14.1. The van der Waals surface area contributed by atoms with Gasteiger partial charge in [-0.15, -0.1) is 0 Å². The first kappa shape index (κ1) is 16.3. The van der Waals surface area contributed by atoms with Crippen molar-refractivity contribution >= 4 is 21.8 Å². The van der Waals surface area contributed by atoms with Crippen molar-refractivity contribution in [3.05, 3.63) is 28.7 Å². The van der Waals surface area contributed by atoms with E-state index < -0.39 is 0 Å². The molecule has 21 heavy (non-hydrogen) atoms. The van der Waals surface area contributed by atoms with Crippen LogP contribution in [0, 0.1) is 0 Å². The van der Waals surface area contributed by atoms with E-state index in [2.05, 4.69) is 21.2 Å². The summed E-state index contributed by atoms with van der Waals surface area (Å²) in [6.45, 7) is 2.31. The fraction of sp³-hybridized carbons (Fsp3) is 0.562. The molecule has 1 aliphatic rings. The molecule has 0 unspecified atom stereocenters. The summed E-state index contributed by atoms with van der Waals surface area (Å²) in [6, 6.07) is 8.33. The summed E-state index contributed by atoms with van der Waals surface area (Å²) < 4.78 is 6.63. The van der Waals surface area contributed by atoms with Crippen molar-refractivity contribution in [1.82, 2.24) is 10.2 Å². The predicted molar refractivity (Wildman–Crippen MR) is 87.5 cm³/mol. The number of carbonyl (C=O) groups excluding carboxylic acids is 1. The summed E-state index contributed by atoms with van der Waals surface area (Å²) >= 11 is 3.45. The number of benzene rings is 1. The fourth-order valence-electron chi connectivity index (χ4n) is 2.54. The summed E-state index contributed by atoms with van der Waals surface area (Å²) in [4.78, 5) is 14.1. The highest BCUT2D eigenvalue weighted by atomic mass is 79.9. The van der Waals surface area contributed by atoms with Crippen molar-refractivity contribution in [3.63, 3.8) is 0 Å². The number of hydrogen-bond donors (Lipinski definition) is 1. The van der Waals surface area contributed by atoms with Crippen molar-refractivity contribution < 1.29 is 9.53 Å². The number of likely N-dealkylation sites (tertiary alicyclic amines) is 1. The number of para-hydroxylation sites is 1. The van der Waals surface area contributed by atoms with Gasteiger partial charge < -0.3 is 15.0 Å². The molecular formula is C16H23BrN2O2. The third-order valence-electron chi connectivity index (χ3n) is 3.89. The van der Waals surface area contributed by atoms with Crippen molar-refractivity contribution in [3.8, 4) is 5.75 Å². The first-order valence-electron chi connectivity index (χ1n) is 7.53. The van der Waals surface area contributed by atoms with Crippen LogP contribution in [0.15, 0.2) is 28.7 Å². The third-order valence-corrected chi connectivity index (χ3v) is 4.54. The van der Waals surface area contributed by atoms with E-state index in [0.717, 1.165) is 42.6 Å². The molecule has 1 aromatic rings. The van der Waals surface area contributed by atoms with Crippen LogP contribution < -0.4 is 10.1 Å². The van der Waals surface area contributed by atoms with Gasteiger partial charge in [0.05, 0.1) is 11.1 Å². The number of rotatable bonds is 6. The summed E-state index contributed by atoms with van der Waals surface area (Å²) in [5, 5.41) is 3.28. The Bertz CT molecular complexity index is 459. The lowest BCUT2D eigenvalue weighted by molar-refractivity contribution is -0.132. The maximum atomic E-state index is 12.1. The molecule has 5 heteroatoms. The fourth-order valence-corrected chi connectivity index (χ4v) is 2.94. The SMILES string of the molecule is CNC1CCN(C(=O)CCCOc2ccccc2Br)CC1. The Labute approximate surface area is 135 Å². The third kappa shape index (κ3) is 5.00. The Kier molecular flexibility index (Phi) is 6.51. The maximum Gasteiger partial charge on any atom is 0.222 e. The van der Waals surface area contributed by atoms with Crippen LogP contribution in [0.25, 0.3) is 0 Å². The second-order valence-corrected chi connectivity index (χ2v) is 6.18. The minimum atomic E-state index is 0.250. The van der Waals surface area contributed by atoms with E-state index in [1.54, 1.807) is 0 Å². The van der Waals surface area contributed by atoms with Crippen molar-refractivity contribution in [2.75, 3.05) is 26.7 Å². The van der Waals surface area contributed by atoms with E-state index in [9.17, 15) is 4.79 Å². The first-order chi connectivity index (χ1) is 10.2. The lowest BCUT2D eigenvalue weighted by Gasteiger charge is -2.31. The van der Waals surface area contributed by atoms with Gasteiger partial charge in [0.25, 0.3) is 0 Å². The van der Waals surface area contributed by atoms with Crippen LogP contribution in [0.1, 0.15) is 25.7 Å². The smallest absolute Gasteiger partial charge is 0.222 e. The molecule has 0 atom stereocenters. The second kappa shape index (κ2) is 8.39. The standard InChI is InChI=1S/C16H23BrN2O2/c1-18-13-8-10-19(11-9-13)16(20)7-4-12-21-15-6-3-2-5-14(15)17/h2-3,5-6,13,18H,4,7-12H2,1H3. The van der Waals surface area contributed by atoms with Gasteiger partial charge in [-0.2, -0.15) is 0 Å². The molecule has 1 amide bonds. The Hall–Kier alpha value is -1.07. The maximum absolute atomic E-state index is 12.1. The number of nitrogens with zero attached hydrogens (tertiary/aromatic N) is 1. The molecule has 1 aromatic carbocycles. The molecule has 1 saturated heterocycles. The molecule has 1 fully saturated rings. The van der Waals surface area contributed by atoms with Crippen LogP contribution in [-0.4, -0.2) is 43.6 Å². The second-order valence-electron chi connectivity index (χ2n) is 5.33. The topological polar surface area (TPSA) is 41.6 Å². The van der Waals surface area contributed by atoms with Crippen LogP contribution in [0.2, 0.25) is 0 Å². The Balaban J connectivity index is 1.65. The van der Waals surface area contributed by atoms with Gasteiger partial charge in [0.15, 0.2) is 0 Å². The molecule has 1 aliphatic heterocycles. The molecule has 0 aliphatic carbocycles. The Morgan fingerprint density at radius 2 is 2.10 bits per heavy atom. The lowest BCUT2D eigenvalue weighted by Crippen LogP contribution is -2.43. The van der Waals surface area contributed by atoms with Crippen molar-refractivity contribution in [1.29, 1.82) is 0 Å². The molecule has 0 spiro atoms. The molecule has 1 heterocycles. The summed E-state index contributed by atoms with van der Waals surface area (Å²) in [5.41, 5.74) is 0. The average molecular weight is 355 g/mol. The van der Waals surface area contributed by atoms with Crippen molar-refractivity contribution in [2.45, 2.75) is 31.7 Å². The van der Waals surface area contributed by atoms with Gasteiger partial charge in [0.1, 0.15) is 5.75 Å². The Morgan fingerprint density at radius 3 is 2.76 bits per heavy atom. The van der Waals surface area contributed by atoms with Crippen molar-refractivity contribution in [2.24, 2.45) is 0 Å². The summed E-state index contributed by atoms with van der Waals surface area (Å²) in [6.07, 6.45) is 3.42. The summed E-state index contributed by atoms with van der Waals surface area (Å²) in [7, 11) is 1.99. The number of hydrogen-bond acceptors (Lipinski definition) is 3. The van der Waals surface area contributed by atoms with Gasteiger partial charge in [-0.25, -0.2) is 0 Å². The van der Waals surface area contributed by atoms with E-state index in [-0.39, 0.29) is 5.91 Å². The number of nitrogens with one attached hydrogen (secondary N) is 1. The minimum Gasteiger partial charge on any atom is -0.492 e. The lowest BCUT2D eigenvalue weighted by atomic mass is 10.0. The average Bonchev–Trinajstić information content (AvgIpc) is 2.53. The number of ether oxygens (including phenoxy) is 1. The number of halogens is 1. The highest BCUT2D eigenvalue weighted by Crippen LogP contribution is 2.23. The number of carbonyl (C=O) groups is 1. The Morgan fingerprint density at radius 1 is 1.38 bits per heavy atom. The van der Waals surface area contributed by atoms with E-state index >= 15 is 0 Å².